The fourth-order valence-electron chi connectivity index (χ4n) is 2.22. The van der Waals surface area contributed by atoms with Gasteiger partial charge in [-0.1, -0.05) is 0 Å². The number of rotatable bonds is 13. The third-order valence-electron chi connectivity index (χ3n) is 3.91. The highest BCUT2D eigenvalue weighted by Gasteiger charge is 2.39. The highest BCUT2D eigenvalue weighted by molar-refractivity contribution is 6.61. The van der Waals surface area contributed by atoms with Gasteiger partial charge in [-0.2, -0.15) is 0 Å². The zero-order valence-electron chi connectivity index (χ0n) is 15.3. The number of hydrogen-bond acceptors (Lipinski definition) is 7. The molecule has 0 aromatic rings. The van der Waals surface area contributed by atoms with Crippen molar-refractivity contribution in [2.24, 2.45) is 0 Å². The van der Waals surface area contributed by atoms with Gasteiger partial charge in [-0.05, 0) is 6.42 Å². The van der Waals surface area contributed by atoms with Crippen molar-refractivity contribution < 1.29 is 31.4 Å². The molecule has 0 fully saturated rings. The summed E-state index contributed by atoms with van der Waals surface area (Å²) in [5.41, 5.74) is 0. The maximum Gasteiger partial charge on any atom is 0.500 e. The summed E-state index contributed by atoms with van der Waals surface area (Å²) in [4.78, 5) is 13.9. The van der Waals surface area contributed by atoms with Crippen molar-refractivity contribution in [3.8, 4) is 0 Å². The maximum atomic E-state index is 12.2. The van der Waals surface area contributed by atoms with Gasteiger partial charge in [-0.25, -0.2) is 0 Å². The van der Waals surface area contributed by atoms with Crippen molar-refractivity contribution in [3.63, 3.8) is 0 Å². The van der Waals surface area contributed by atoms with Crippen LogP contribution < -0.4 is 0 Å². The standard InChI is InChI=1S/C13H31NO7Si2/c1-14(10-8-11-22(16-2,17-3)18-4)13(15)9-12-23(19-5,20-6)21-7/h8-12H2,1-7H3. The van der Waals surface area contributed by atoms with E-state index in [4.69, 9.17) is 26.6 Å². The van der Waals surface area contributed by atoms with Crippen molar-refractivity contribution in [2.45, 2.75) is 24.9 Å². The minimum absolute atomic E-state index is 0.0209. The summed E-state index contributed by atoms with van der Waals surface area (Å²) in [5, 5.41) is 0. The average molecular weight is 370 g/mol. The van der Waals surface area contributed by atoms with E-state index < -0.39 is 17.6 Å². The Hall–Kier alpha value is -0.336. The molecule has 23 heavy (non-hydrogen) atoms. The summed E-state index contributed by atoms with van der Waals surface area (Å²) in [6.07, 6.45) is 1.06. The van der Waals surface area contributed by atoms with Crippen LogP contribution in [0.3, 0.4) is 0 Å². The molecule has 0 unspecified atom stereocenters. The molecule has 0 aliphatic carbocycles. The second-order valence-electron chi connectivity index (χ2n) is 5.01. The number of hydrogen-bond donors (Lipinski definition) is 0. The van der Waals surface area contributed by atoms with E-state index in [9.17, 15) is 4.79 Å². The van der Waals surface area contributed by atoms with Gasteiger partial charge in [-0.3, -0.25) is 4.79 Å². The highest BCUT2D eigenvalue weighted by Crippen LogP contribution is 2.17. The van der Waals surface area contributed by atoms with Crippen molar-refractivity contribution in [1.82, 2.24) is 4.90 Å². The molecule has 0 aliphatic rings. The largest absolute Gasteiger partial charge is 0.500 e. The van der Waals surface area contributed by atoms with E-state index >= 15 is 0 Å². The lowest BCUT2D eigenvalue weighted by atomic mass is 10.3. The van der Waals surface area contributed by atoms with Crippen LogP contribution in [0.25, 0.3) is 0 Å². The van der Waals surface area contributed by atoms with Crippen molar-refractivity contribution in [3.05, 3.63) is 0 Å². The smallest absolute Gasteiger partial charge is 0.377 e. The lowest BCUT2D eigenvalue weighted by Gasteiger charge is -2.26. The Balaban J connectivity index is 4.31. The molecule has 0 atom stereocenters. The van der Waals surface area contributed by atoms with E-state index in [1.165, 1.54) is 21.3 Å². The number of carbonyl (C=O) groups is 1. The summed E-state index contributed by atoms with van der Waals surface area (Å²) < 4.78 is 32.0. The summed E-state index contributed by atoms with van der Waals surface area (Å²) >= 11 is 0. The molecule has 0 saturated heterocycles. The van der Waals surface area contributed by atoms with Crippen LogP contribution in [0.2, 0.25) is 12.1 Å². The Morgan fingerprint density at radius 3 is 1.57 bits per heavy atom. The monoisotopic (exact) mass is 369 g/mol. The summed E-state index contributed by atoms with van der Waals surface area (Å²) in [5.74, 6) is 0.0209. The zero-order valence-corrected chi connectivity index (χ0v) is 17.3. The minimum Gasteiger partial charge on any atom is -0.377 e. The highest BCUT2D eigenvalue weighted by atomic mass is 28.4. The van der Waals surface area contributed by atoms with Gasteiger partial charge in [0.1, 0.15) is 0 Å². The van der Waals surface area contributed by atoms with E-state index in [-0.39, 0.29) is 5.91 Å². The molecule has 0 aromatic heterocycles. The molecular formula is C13H31NO7Si2. The summed E-state index contributed by atoms with van der Waals surface area (Å²) in [6.45, 7) is 0.602. The lowest BCUT2D eigenvalue weighted by Crippen LogP contribution is -2.44. The number of carbonyl (C=O) groups excluding carboxylic acids is 1. The topological polar surface area (TPSA) is 75.7 Å². The number of nitrogens with zero attached hydrogens (tertiary/aromatic N) is 1. The normalized spacial score (nSPS) is 12.5. The molecular weight excluding hydrogens is 338 g/mol. The minimum atomic E-state index is -2.71. The quantitative estimate of drug-likeness (QED) is 0.448. The van der Waals surface area contributed by atoms with Crippen LogP contribution in [0.1, 0.15) is 12.8 Å². The SMILES string of the molecule is CO[Si](CCCN(C)C(=O)CC[Si](OC)(OC)OC)(OC)OC. The van der Waals surface area contributed by atoms with Crippen LogP contribution in [0.15, 0.2) is 0 Å². The van der Waals surface area contributed by atoms with Gasteiger partial charge in [0.15, 0.2) is 0 Å². The predicted octanol–water partition coefficient (Wildman–Crippen LogP) is 0.981. The first-order valence-electron chi connectivity index (χ1n) is 7.43. The molecule has 0 N–H and O–H groups in total. The van der Waals surface area contributed by atoms with Crippen molar-refractivity contribution >= 4 is 23.5 Å². The van der Waals surface area contributed by atoms with Crippen LogP contribution in [-0.2, 0) is 31.4 Å². The van der Waals surface area contributed by atoms with Crippen LogP contribution in [0.4, 0.5) is 0 Å². The Kier molecular flexibility index (Phi) is 11.1. The van der Waals surface area contributed by atoms with E-state index in [1.807, 2.05) is 0 Å². The van der Waals surface area contributed by atoms with Gasteiger partial charge in [0, 0.05) is 74.8 Å². The fourth-order valence-corrected chi connectivity index (χ4v) is 5.56. The van der Waals surface area contributed by atoms with E-state index in [0.29, 0.717) is 25.1 Å². The van der Waals surface area contributed by atoms with Gasteiger partial charge < -0.3 is 31.5 Å². The first-order chi connectivity index (χ1) is 10.9. The molecule has 8 nitrogen and oxygen atoms in total. The Bertz CT molecular complexity index is 322. The Morgan fingerprint density at radius 1 is 0.783 bits per heavy atom. The molecule has 0 saturated carbocycles. The number of amides is 1. The molecule has 0 spiro atoms. The first kappa shape index (κ1) is 22.7. The predicted molar refractivity (Wildman–Crippen MR) is 90.0 cm³/mol. The average Bonchev–Trinajstić information content (AvgIpc) is 2.60. The van der Waals surface area contributed by atoms with E-state index in [2.05, 4.69) is 0 Å². The van der Waals surface area contributed by atoms with Gasteiger partial charge in [-0.15, -0.1) is 0 Å². The Labute approximate surface area is 141 Å². The Morgan fingerprint density at radius 2 is 1.17 bits per heavy atom. The van der Waals surface area contributed by atoms with Gasteiger partial charge in [0.05, 0.1) is 0 Å². The molecule has 0 heterocycles. The van der Waals surface area contributed by atoms with Gasteiger partial charge >= 0.3 is 17.6 Å². The third kappa shape index (κ3) is 6.97. The first-order valence-corrected chi connectivity index (χ1v) is 11.3. The maximum absolute atomic E-state index is 12.2. The van der Waals surface area contributed by atoms with Crippen LogP contribution >= 0.6 is 0 Å². The van der Waals surface area contributed by atoms with Crippen LogP contribution in [0, 0.1) is 0 Å². The summed E-state index contributed by atoms with van der Waals surface area (Å²) in [7, 11) is 5.85. The molecule has 1 amide bonds. The zero-order chi connectivity index (χ0) is 17.9. The molecule has 0 bridgehead atoms. The molecule has 10 heteroatoms. The lowest BCUT2D eigenvalue weighted by molar-refractivity contribution is -0.129. The second kappa shape index (κ2) is 11.3. The molecule has 0 rings (SSSR count). The van der Waals surface area contributed by atoms with Gasteiger partial charge in [0.2, 0.25) is 5.91 Å². The van der Waals surface area contributed by atoms with Crippen molar-refractivity contribution in [2.75, 3.05) is 56.3 Å². The summed E-state index contributed by atoms with van der Waals surface area (Å²) in [6, 6.07) is 1.10. The molecule has 138 valence electrons. The van der Waals surface area contributed by atoms with Crippen LogP contribution in [-0.4, -0.2) is 84.7 Å². The van der Waals surface area contributed by atoms with Crippen LogP contribution in [0.5, 0.6) is 0 Å². The molecule has 0 aliphatic heterocycles. The molecule has 0 radical (unpaired) electrons. The van der Waals surface area contributed by atoms with E-state index in [1.54, 1.807) is 33.3 Å². The second-order valence-corrected chi connectivity index (χ2v) is 11.2. The third-order valence-corrected chi connectivity index (χ3v) is 9.47. The van der Waals surface area contributed by atoms with Crippen molar-refractivity contribution in [1.29, 1.82) is 0 Å². The van der Waals surface area contributed by atoms with Gasteiger partial charge in [0.25, 0.3) is 0 Å². The van der Waals surface area contributed by atoms with E-state index in [0.717, 1.165) is 6.42 Å². The molecule has 0 aromatic carbocycles. The fraction of sp³-hybridized carbons (Fsp3) is 0.923.